The lowest BCUT2D eigenvalue weighted by Gasteiger charge is -2.19. The molecule has 2 rings (SSSR count). The summed E-state index contributed by atoms with van der Waals surface area (Å²) in [6.45, 7) is 7.52. The molecule has 1 fully saturated rings. The molecule has 3 heteroatoms. The first-order valence-corrected chi connectivity index (χ1v) is 6.83. The zero-order valence-electron chi connectivity index (χ0n) is 11.9. The van der Waals surface area contributed by atoms with E-state index in [1.165, 1.54) is 12.0 Å². The average Bonchev–Trinajstić information content (AvgIpc) is 2.97. The van der Waals surface area contributed by atoms with Crippen LogP contribution < -0.4 is 10.1 Å². The second-order valence-electron chi connectivity index (χ2n) is 5.87. The Morgan fingerprint density at radius 2 is 2.22 bits per heavy atom. The van der Waals surface area contributed by atoms with Crippen LogP contribution in [0, 0.1) is 11.3 Å². The highest BCUT2D eigenvalue weighted by Gasteiger charge is 2.50. The normalized spacial score (nSPS) is 22.6. The van der Waals surface area contributed by atoms with Crippen LogP contribution in [0.1, 0.15) is 45.2 Å². The number of nitrogens with one attached hydrogen (secondary N) is 1. The molecule has 1 aliphatic rings. The highest BCUT2D eigenvalue weighted by molar-refractivity contribution is 5.28. The number of rotatable bonds is 6. The zero-order chi connectivity index (χ0) is 13.2. The third kappa shape index (κ3) is 2.83. The van der Waals surface area contributed by atoms with Crippen molar-refractivity contribution in [3.8, 4) is 5.75 Å². The molecule has 1 aliphatic carbocycles. The van der Waals surface area contributed by atoms with Crippen molar-refractivity contribution in [2.45, 2.75) is 39.7 Å². The lowest BCUT2D eigenvalue weighted by Crippen LogP contribution is -2.20. The molecule has 1 heterocycles. The van der Waals surface area contributed by atoms with Crippen LogP contribution >= 0.6 is 0 Å². The fourth-order valence-electron chi connectivity index (χ4n) is 2.58. The molecule has 1 aromatic heterocycles. The number of hydrogen-bond acceptors (Lipinski definition) is 3. The summed E-state index contributed by atoms with van der Waals surface area (Å²) in [4.78, 5) is 4.30. The molecule has 0 bridgehead atoms. The summed E-state index contributed by atoms with van der Waals surface area (Å²) in [7, 11) is 2.03. The number of hydrogen-bond donors (Lipinski definition) is 1. The molecule has 1 N–H and O–H groups in total. The van der Waals surface area contributed by atoms with E-state index in [9.17, 15) is 0 Å². The van der Waals surface area contributed by atoms with Crippen molar-refractivity contribution >= 4 is 0 Å². The predicted octanol–water partition coefficient (Wildman–Crippen LogP) is 3.18. The van der Waals surface area contributed by atoms with E-state index in [1.54, 1.807) is 6.20 Å². The van der Waals surface area contributed by atoms with Gasteiger partial charge < -0.3 is 10.1 Å². The van der Waals surface area contributed by atoms with Crippen LogP contribution in [0.5, 0.6) is 5.75 Å². The fourth-order valence-corrected chi connectivity index (χ4v) is 2.58. The largest absolute Gasteiger partial charge is 0.492 e. The van der Waals surface area contributed by atoms with Crippen molar-refractivity contribution in [2.75, 3.05) is 13.7 Å². The number of nitrogens with zero attached hydrogens (tertiary/aromatic N) is 1. The van der Waals surface area contributed by atoms with E-state index < -0.39 is 0 Å². The zero-order valence-corrected chi connectivity index (χ0v) is 11.9. The Morgan fingerprint density at radius 1 is 1.50 bits per heavy atom. The minimum absolute atomic E-state index is 0.387. The number of ether oxygens (including phenoxy) is 1. The summed E-state index contributed by atoms with van der Waals surface area (Å²) in [5.74, 6) is 1.58. The smallest absolute Gasteiger partial charge is 0.137 e. The Hall–Kier alpha value is -1.09. The molecule has 0 radical (unpaired) electrons. The summed E-state index contributed by atoms with van der Waals surface area (Å²) in [6.07, 6.45) is 6.05. The van der Waals surface area contributed by atoms with Gasteiger partial charge in [0, 0.05) is 12.2 Å². The molecule has 2 unspecified atom stereocenters. The highest BCUT2D eigenvalue weighted by atomic mass is 16.5. The van der Waals surface area contributed by atoms with Crippen molar-refractivity contribution in [1.29, 1.82) is 0 Å². The Morgan fingerprint density at radius 3 is 2.78 bits per heavy atom. The maximum atomic E-state index is 5.65. The van der Waals surface area contributed by atoms with E-state index in [4.69, 9.17) is 4.74 Å². The molecule has 0 aliphatic heterocycles. The molecule has 1 aromatic rings. The number of pyridine rings is 1. The summed E-state index contributed by atoms with van der Waals surface area (Å²) in [6, 6.07) is 2.51. The number of aromatic nitrogens is 1. The Kier molecular flexibility index (Phi) is 3.91. The summed E-state index contributed by atoms with van der Waals surface area (Å²) >= 11 is 0. The van der Waals surface area contributed by atoms with Crippen LogP contribution in [0.2, 0.25) is 0 Å². The van der Waals surface area contributed by atoms with E-state index in [-0.39, 0.29) is 0 Å². The van der Waals surface area contributed by atoms with Crippen LogP contribution in [-0.2, 0) is 0 Å². The molecule has 1 saturated carbocycles. The minimum Gasteiger partial charge on any atom is -0.492 e. The van der Waals surface area contributed by atoms with Crippen LogP contribution in [0.4, 0.5) is 0 Å². The van der Waals surface area contributed by atoms with Gasteiger partial charge in [-0.3, -0.25) is 4.98 Å². The molecule has 0 saturated heterocycles. The molecular weight excluding hydrogens is 224 g/mol. The van der Waals surface area contributed by atoms with Crippen LogP contribution in [0.25, 0.3) is 0 Å². The molecule has 18 heavy (non-hydrogen) atoms. The summed E-state index contributed by atoms with van der Waals surface area (Å²) in [5.41, 5.74) is 1.69. The monoisotopic (exact) mass is 248 g/mol. The molecular formula is C15H24N2O. The minimum atomic E-state index is 0.387. The van der Waals surface area contributed by atoms with Gasteiger partial charge in [0.2, 0.25) is 0 Å². The Labute approximate surface area is 110 Å². The molecule has 0 amide bonds. The Balaban J connectivity index is 2.11. The molecule has 0 spiro atoms. The van der Waals surface area contributed by atoms with Gasteiger partial charge in [0.15, 0.2) is 0 Å². The standard InChI is InChI=1S/C15H24N2O/c1-5-6-18-12-7-11(9-17-10-12)14(16-4)13-8-15(13,2)3/h7,9-10,13-14,16H,5-6,8H2,1-4H3. The maximum absolute atomic E-state index is 5.65. The van der Waals surface area contributed by atoms with Crippen molar-refractivity contribution in [2.24, 2.45) is 11.3 Å². The van der Waals surface area contributed by atoms with E-state index in [0.29, 0.717) is 17.4 Å². The van der Waals surface area contributed by atoms with E-state index in [0.717, 1.165) is 18.8 Å². The van der Waals surface area contributed by atoms with E-state index >= 15 is 0 Å². The van der Waals surface area contributed by atoms with E-state index in [1.807, 2.05) is 13.2 Å². The molecule has 3 nitrogen and oxygen atoms in total. The maximum Gasteiger partial charge on any atom is 0.137 e. The van der Waals surface area contributed by atoms with Gasteiger partial charge in [-0.15, -0.1) is 0 Å². The first-order valence-electron chi connectivity index (χ1n) is 6.83. The SMILES string of the molecule is CCCOc1cncc(C(NC)C2CC2(C)C)c1. The lowest BCUT2D eigenvalue weighted by atomic mass is 9.98. The van der Waals surface area contributed by atoms with Gasteiger partial charge >= 0.3 is 0 Å². The van der Waals surface area contributed by atoms with Crippen molar-refractivity contribution in [3.63, 3.8) is 0 Å². The van der Waals surface area contributed by atoms with Gasteiger partial charge in [0.05, 0.1) is 12.8 Å². The third-order valence-electron chi connectivity index (χ3n) is 3.87. The van der Waals surface area contributed by atoms with Gasteiger partial charge in [-0.2, -0.15) is 0 Å². The van der Waals surface area contributed by atoms with Crippen LogP contribution in [0.3, 0.4) is 0 Å². The molecule has 100 valence electrons. The van der Waals surface area contributed by atoms with Gasteiger partial charge in [0.1, 0.15) is 5.75 Å². The molecule has 2 atom stereocenters. The Bertz CT molecular complexity index is 403. The predicted molar refractivity (Wildman–Crippen MR) is 73.7 cm³/mol. The fraction of sp³-hybridized carbons (Fsp3) is 0.667. The summed E-state index contributed by atoms with van der Waals surface area (Å²) < 4.78 is 5.65. The quantitative estimate of drug-likeness (QED) is 0.839. The summed E-state index contributed by atoms with van der Waals surface area (Å²) in [5, 5.41) is 3.42. The first kappa shape index (κ1) is 13.3. The highest BCUT2D eigenvalue weighted by Crippen LogP contribution is 2.57. The van der Waals surface area contributed by atoms with Crippen LogP contribution in [0.15, 0.2) is 18.5 Å². The van der Waals surface area contributed by atoms with Gasteiger partial charge in [-0.05, 0) is 42.9 Å². The van der Waals surface area contributed by atoms with Crippen LogP contribution in [-0.4, -0.2) is 18.6 Å². The second kappa shape index (κ2) is 5.27. The van der Waals surface area contributed by atoms with Crippen molar-refractivity contribution in [3.05, 3.63) is 24.0 Å². The molecule has 0 aromatic carbocycles. The second-order valence-corrected chi connectivity index (χ2v) is 5.87. The van der Waals surface area contributed by atoms with Gasteiger partial charge in [-0.25, -0.2) is 0 Å². The third-order valence-corrected chi connectivity index (χ3v) is 3.87. The van der Waals surface area contributed by atoms with Crippen molar-refractivity contribution in [1.82, 2.24) is 10.3 Å². The van der Waals surface area contributed by atoms with Gasteiger partial charge in [-0.1, -0.05) is 20.8 Å². The first-order chi connectivity index (χ1) is 8.58. The van der Waals surface area contributed by atoms with Crippen molar-refractivity contribution < 1.29 is 4.74 Å². The topological polar surface area (TPSA) is 34.1 Å². The van der Waals surface area contributed by atoms with Gasteiger partial charge in [0.25, 0.3) is 0 Å². The van der Waals surface area contributed by atoms with E-state index in [2.05, 4.69) is 37.1 Å². The average molecular weight is 248 g/mol. The lowest BCUT2D eigenvalue weighted by molar-refractivity contribution is 0.315.